The number of rotatable bonds is 3. The quantitative estimate of drug-likeness (QED) is 0.866. The lowest BCUT2D eigenvalue weighted by molar-refractivity contribution is -0.117. The van der Waals surface area contributed by atoms with Crippen molar-refractivity contribution in [1.82, 2.24) is 4.98 Å². The van der Waals surface area contributed by atoms with Gasteiger partial charge in [0.2, 0.25) is 5.91 Å². The van der Waals surface area contributed by atoms with Crippen LogP contribution in [0.4, 0.5) is 5.13 Å². The standard InChI is InChI=1S/C15H16N2O2S2/c1-9-8-16-15(20-9)17-13(18)10(2)21-14(17)11-6-4-5-7-12(11)19-3/h4-8,10,14H,1-3H3. The fourth-order valence-electron chi connectivity index (χ4n) is 2.36. The Balaban J connectivity index is 2.05. The van der Waals surface area contributed by atoms with E-state index in [9.17, 15) is 4.79 Å². The molecule has 1 aromatic heterocycles. The first-order chi connectivity index (χ1) is 10.1. The maximum atomic E-state index is 12.5. The van der Waals surface area contributed by atoms with Crippen LogP contribution in [0.1, 0.15) is 22.7 Å². The number of aryl methyl sites for hydroxylation is 1. The predicted molar refractivity (Wildman–Crippen MR) is 87.1 cm³/mol. The van der Waals surface area contributed by atoms with Crippen molar-refractivity contribution in [3.63, 3.8) is 0 Å². The molecule has 3 rings (SSSR count). The summed E-state index contributed by atoms with van der Waals surface area (Å²) in [6.45, 7) is 3.94. The monoisotopic (exact) mass is 320 g/mol. The molecule has 1 fully saturated rings. The van der Waals surface area contributed by atoms with Gasteiger partial charge in [-0.3, -0.25) is 9.69 Å². The fraction of sp³-hybridized carbons (Fsp3) is 0.333. The van der Waals surface area contributed by atoms with Gasteiger partial charge in [0.15, 0.2) is 5.13 Å². The van der Waals surface area contributed by atoms with Crippen molar-refractivity contribution < 1.29 is 9.53 Å². The zero-order valence-electron chi connectivity index (χ0n) is 12.1. The Kier molecular flexibility index (Phi) is 3.91. The van der Waals surface area contributed by atoms with Crippen molar-refractivity contribution in [2.75, 3.05) is 12.0 Å². The minimum absolute atomic E-state index is 0.0795. The van der Waals surface area contributed by atoms with Gasteiger partial charge in [-0.1, -0.05) is 18.2 Å². The summed E-state index contributed by atoms with van der Waals surface area (Å²) in [5.41, 5.74) is 1.01. The van der Waals surface area contributed by atoms with E-state index in [1.165, 1.54) is 0 Å². The van der Waals surface area contributed by atoms with Crippen LogP contribution in [0.5, 0.6) is 5.75 Å². The van der Waals surface area contributed by atoms with Gasteiger partial charge >= 0.3 is 0 Å². The third kappa shape index (κ3) is 2.53. The molecule has 1 amide bonds. The average molecular weight is 320 g/mol. The lowest BCUT2D eigenvalue weighted by Crippen LogP contribution is -2.30. The van der Waals surface area contributed by atoms with Crippen LogP contribution < -0.4 is 9.64 Å². The van der Waals surface area contributed by atoms with Crippen LogP contribution in [0, 0.1) is 6.92 Å². The van der Waals surface area contributed by atoms with E-state index < -0.39 is 0 Å². The molecule has 2 heterocycles. The molecule has 0 aliphatic carbocycles. The van der Waals surface area contributed by atoms with Crippen molar-refractivity contribution in [1.29, 1.82) is 0 Å². The molecule has 2 unspecified atom stereocenters. The Bertz CT molecular complexity index is 671. The van der Waals surface area contributed by atoms with E-state index in [0.717, 1.165) is 21.3 Å². The molecule has 1 aliphatic heterocycles. The van der Waals surface area contributed by atoms with Crippen molar-refractivity contribution in [3.05, 3.63) is 40.9 Å². The summed E-state index contributed by atoms with van der Waals surface area (Å²) >= 11 is 3.17. The zero-order chi connectivity index (χ0) is 15.0. The van der Waals surface area contributed by atoms with E-state index in [4.69, 9.17) is 4.74 Å². The van der Waals surface area contributed by atoms with Gasteiger partial charge in [0.05, 0.1) is 12.4 Å². The van der Waals surface area contributed by atoms with Crippen molar-refractivity contribution in [2.24, 2.45) is 0 Å². The largest absolute Gasteiger partial charge is 0.496 e. The zero-order valence-corrected chi connectivity index (χ0v) is 13.7. The number of anilines is 1. The van der Waals surface area contributed by atoms with Gasteiger partial charge in [-0.15, -0.1) is 23.1 Å². The molecule has 1 saturated heterocycles. The number of carbonyl (C=O) groups excluding carboxylic acids is 1. The molecule has 0 N–H and O–H groups in total. The molecular weight excluding hydrogens is 304 g/mol. The molecule has 4 nitrogen and oxygen atoms in total. The molecule has 110 valence electrons. The van der Waals surface area contributed by atoms with E-state index in [0.29, 0.717) is 0 Å². The Hall–Kier alpha value is -1.53. The van der Waals surface area contributed by atoms with E-state index in [1.54, 1.807) is 41.3 Å². The van der Waals surface area contributed by atoms with Crippen LogP contribution in [-0.2, 0) is 4.79 Å². The van der Waals surface area contributed by atoms with Gasteiger partial charge < -0.3 is 4.74 Å². The third-order valence-electron chi connectivity index (χ3n) is 3.37. The van der Waals surface area contributed by atoms with Gasteiger partial charge in [-0.2, -0.15) is 0 Å². The van der Waals surface area contributed by atoms with E-state index in [-0.39, 0.29) is 16.5 Å². The summed E-state index contributed by atoms with van der Waals surface area (Å²) in [5.74, 6) is 0.903. The number of benzene rings is 1. The number of thioether (sulfide) groups is 1. The highest BCUT2D eigenvalue weighted by Gasteiger charge is 2.41. The van der Waals surface area contributed by atoms with Gasteiger partial charge in [-0.05, 0) is 19.9 Å². The van der Waals surface area contributed by atoms with Crippen LogP contribution >= 0.6 is 23.1 Å². The Morgan fingerprint density at radius 2 is 2.10 bits per heavy atom. The highest BCUT2D eigenvalue weighted by Crippen LogP contribution is 2.48. The molecule has 1 aliphatic rings. The molecule has 2 aromatic rings. The van der Waals surface area contributed by atoms with E-state index in [1.807, 2.05) is 38.1 Å². The number of carbonyl (C=O) groups is 1. The fourth-order valence-corrected chi connectivity index (χ4v) is 4.50. The summed E-state index contributed by atoms with van der Waals surface area (Å²) in [4.78, 5) is 19.8. The van der Waals surface area contributed by atoms with Crippen LogP contribution in [0.25, 0.3) is 0 Å². The highest BCUT2D eigenvalue weighted by molar-refractivity contribution is 8.01. The number of hydrogen-bond acceptors (Lipinski definition) is 5. The highest BCUT2D eigenvalue weighted by atomic mass is 32.2. The Morgan fingerprint density at radius 3 is 2.76 bits per heavy atom. The summed E-state index contributed by atoms with van der Waals surface area (Å²) in [7, 11) is 1.65. The molecule has 0 bridgehead atoms. The normalized spacial score (nSPS) is 21.9. The van der Waals surface area contributed by atoms with Gasteiger partial charge in [0.25, 0.3) is 0 Å². The van der Waals surface area contributed by atoms with E-state index >= 15 is 0 Å². The van der Waals surface area contributed by atoms with Gasteiger partial charge in [0, 0.05) is 16.6 Å². The van der Waals surface area contributed by atoms with Crippen molar-refractivity contribution >= 4 is 34.1 Å². The van der Waals surface area contributed by atoms with Crippen molar-refractivity contribution in [3.8, 4) is 5.75 Å². The average Bonchev–Trinajstić information content (AvgIpc) is 3.03. The van der Waals surface area contributed by atoms with Gasteiger partial charge in [0.1, 0.15) is 11.1 Å². The Morgan fingerprint density at radius 1 is 1.33 bits per heavy atom. The minimum atomic E-state index is -0.0887. The molecule has 0 spiro atoms. The molecule has 0 saturated carbocycles. The molecular formula is C15H16N2O2S2. The van der Waals surface area contributed by atoms with Crippen LogP contribution in [0.3, 0.4) is 0 Å². The summed E-state index contributed by atoms with van der Waals surface area (Å²) < 4.78 is 5.45. The second-order valence-corrected chi connectivity index (χ2v) is 7.47. The summed E-state index contributed by atoms with van der Waals surface area (Å²) in [6.07, 6.45) is 1.81. The maximum Gasteiger partial charge on any atom is 0.242 e. The number of aromatic nitrogens is 1. The smallest absolute Gasteiger partial charge is 0.242 e. The van der Waals surface area contributed by atoms with E-state index in [2.05, 4.69) is 4.98 Å². The number of hydrogen-bond donors (Lipinski definition) is 0. The number of methoxy groups -OCH3 is 1. The number of para-hydroxylation sites is 1. The molecule has 21 heavy (non-hydrogen) atoms. The first kappa shape index (κ1) is 14.4. The summed E-state index contributed by atoms with van der Waals surface area (Å²) in [6, 6.07) is 7.84. The number of thiazole rings is 1. The predicted octanol–water partition coefficient (Wildman–Crippen LogP) is 3.63. The lowest BCUT2D eigenvalue weighted by atomic mass is 10.2. The second-order valence-electron chi connectivity index (χ2n) is 4.83. The molecule has 6 heteroatoms. The van der Waals surface area contributed by atoms with Crippen molar-refractivity contribution in [2.45, 2.75) is 24.5 Å². The third-order valence-corrected chi connectivity index (χ3v) is 5.62. The number of ether oxygens (including phenoxy) is 1. The number of amides is 1. The van der Waals surface area contributed by atoms with Crippen LogP contribution in [-0.4, -0.2) is 23.3 Å². The summed E-state index contributed by atoms with van der Waals surface area (Å²) in [5, 5.41) is 0.587. The SMILES string of the molecule is COc1ccccc1C1SC(C)C(=O)N1c1ncc(C)s1. The van der Waals surface area contributed by atoms with Crippen LogP contribution in [0.2, 0.25) is 0 Å². The molecule has 0 radical (unpaired) electrons. The first-order valence-corrected chi connectivity index (χ1v) is 8.41. The maximum absolute atomic E-state index is 12.5. The first-order valence-electron chi connectivity index (χ1n) is 6.65. The topological polar surface area (TPSA) is 42.4 Å². The van der Waals surface area contributed by atoms with Crippen LogP contribution in [0.15, 0.2) is 30.5 Å². The minimum Gasteiger partial charge on any atom is -0.496 e. The molecule has 1 aromatic carbocycles. The second kappa shape index (κ2) is 5.69. The van der Waals surface area contributed by atoms with Gasteiger partial charge in [-0.25, -0.2) is 4.98 Å². The lowest BCUT2D eigenvalue weighted by Gasteiger charge is -2.23. The molecule has 2 atom stereocenters. The Labute approximate surface area is 132 Å². The number of nitrogens with zero attached hydrogens (tertiary/aromatic N) is 2.